The van der Waals surface area contributed by atoms with Gasteiger partial charge in [-0.2, -0.15) is 0 Å². The zero-order valence-electron chi connectivity index (χ0n) is 15.8. The van der Waals surface area contributed by atoms with Gasteiger partial charge in [-0.3, -0.25) is 4.79 Å². The van der Waals surface area contributed by atoms with Gasteiger partial charge in [0, 0.05) is 19.1 Å². The number of nitrogens with one attached hydrogen (secondary N) is 1. The highest BCUT2D eigenvalue weighted by molar-refractivity contribution is 5.76. The molecular formula is C20H35NO3. The summed E-state index contributed by atoms with van der Waals surface area (Å²) >= 11 is 0. The summed E-state index contributed by atoms with van der Waals surface area (Å²) in [5, 5.41) is 12.4. The molecule has 2 aliphatic carbocycles. The summed E-state index contributed by atoms with van der Waals surface area (Å²) < 4.78 is 6.30. The van der Waals surface area contributed by atoms with Crippen molar-refractivity contribution in [3.05, 3.63) is 0 Å². The lowest BCUT2D eigenvalue weighted by atomic mass is 9.58. The zero-order valence-corrected chi connectivity index (χ0v) is 15.8. The lowest BCUT2D eigenvalue weighted by Crippen LogP contribution is -2.61. The monoisotopic (exact) mass is 337 g/mol. The van der Waals surface area contributed by atoms with Gasteiger partial charge in [-0.05, 0) is 47.8 Å². The molecule has 0 aromatic rings. The van der Waals surface area contributed by atoms with Crippen LogP contribution in [0.1, 0.15) is 66.2 Å². The Morgan fingerprint density at radius 3 is 2.67 bits per heavy atom. The van der Waals surface area contributed by atoms with Crippen molar-refractivity contribution in [3.8, 4) is 0 Å². The smallest absolute Gasteiger partial charge is 0.222 e. The quantitative estimate of drug-likeness (QED) is 0.783. The van der Waals surface area contributed by atoms with Gasteiger partial charge in [-0.15, -0.1) is 0 Å². The maximum absolute atomic E-state index is 12.3. The zero-order chi connectivity index (χ0) is 17.5. The first-order valence-corrected chi connectivity index (χ1v) is 9.92. The van der Waals surface area contributed by atoms with Crippen molar-refractivity contribution in [3.63, 3.8) is 0 Å². The number of rotatable bonds is 6. The summed E-state index contributed by atoms with van der Waals surface area (Å²) in [6.07, 6.45) is 6.46. The molecule has 1 saturated heterocycles. The molecule has 4 nitrogen and oxygen atoms in total. The van der Waals surface area contributed by atoms with Crippen molar-refractivity contribution in [1.82, 2.24) is 5.32 Å². The summed E-state index contributed by atoms with van der Waals surface area (Å²) in [5.74, 6) is 1.87. The van der Waals surface area contributed by atoms with Crippen LogP contribution in [0.15, 0.2) is 0 Å². The molecule has 3 rings (SSSR count). The van der Waals surface area contributed by atoms with E-state index in [1.807, 2.05) is 0 Å². The van der Waals surface area contributed by atoms with E-state index in [1.165, 1.54) is 25.7 Å². The van der Waals surface area contributed by atoms with E-state index in [-0.39, 0.29) is 35.8 Å². The molecule has 0 aromatic carbocycles. The molecular weight excluding hydrogens is 302 g/mol. The highest BCUT2D eigenvalue weighted by Crippen LogP contribution is 2.69. The van der Waals surface area contributed by atoms with E-state index >= 15 is 0 Å². The third-order valence-electron chi connectivity index (χ3n) is 7.71. The van der Waals surface area contributed by atoms with E-state index in [0.717, 1.165) is 13.0 Å². The number of amides is 1. The average Bonchev–Trinajstić information content (AvgIpc) is 3.03. The second kappa shape index (κ2) is 6.60. The number of aliphatic hydroxyl groups excluding tert-OH is 1. The lowest BCUT2D eigenvalue weighted by Gasteiger charge is -2.54. The van der Waals surface area contributed by atoms with Crippen LogP contribution in [-0.4, -0.2) is 36.4 Å². The Balaban J connectivity index is 1.88. The van der Waals surface area contributed by atoms with Gasteiger partial charge in [0.15, 0.2) is 0 Å². The normalized spacial score (nSPS) is 39.9. The Labute approximate surface area is 146 Å². The van der Waals surface area contributed by atoms with Crippen molar-refractivity contribution in [2.45, 2.75) is 78.4 Å². The summed E-state index contributed by atoms with van der Waals surface area (Å²) in [4.78, 5) is 12.3. The Kier molecular flexibility index (Phi) is 5.00. The molecule has 1 amide bonds. The topological polar surface area (TPSA) is 58.6 Å². The molecule has 3 fully saturated rings. The first kappa shape index (κ1) is 18.2. The number of fused-ring (bicyclic) bond motifs is 1. The van der Waals surface area contributed by atoms with Gasteiger partial charge in [0.1, 0.15) is 0 Å². The maximum Gasteiger partial charge on any atom is 0.222 e. The fourth-order valence-electron chi connectivity index (χ4n) is 6.39. The Morgan fingerprint density at radius 2 is 2.04 bits per heavy atom. The molecule has 1 aliphatic heterocycles. The van der Waals surface area contributed by atoms with E-state index in [1.54, 1.807) is 0 Å². The first-order valence-electron chi connectivity index (χ1n) is 9.92. The van der Waals surface area contributed by atoms with Gasteiger partial charge >= 0.3 is 0 Å². The van der Waals surface area contributed by atoms with Crippen LogP contribution in [0.3, 0.4) is 0 Å². The summed E-state index contributed by atoms with van der Waals surface area (Å²) in [5.41, 5.74) is 0.336. The molecule has 2 saturated carbocycles. The Bertz CT molecular complexity index is 474. The minimum absolute atomic E-state index is 0.00169. The van der Waals surface area contributed by atoms with Crippen molar-refractivity contribution < 1.29 is 14.6 Å². The predicted octanol–water partition coefficient (Wildman–Crippen LogP) is 3.13. The number of hydrogen-bond acceptors (Lipinski definition) is 3. The third-order valence-corrected chi connectivity index (χ3v) is 7.71. The van der Waals surface area contributed by atoms with Gasteiger partial charge in [0.2, 0.25) is 5.91 Å². The highest BCUT2D eigenvalue weighted by atomic mass is 16.5. The number of carbonyl (C=O) groups is 1. The van der Waals surface area contributed by atoms with Gasteiger partial charge in [0.25, 0.3) is 0 Å². The van der Waals surface area contributed by atoms with Crippen LogP contribution in [-0.2, 0) is 9.53 Å². The maximum atomic E-state index is 12.3. The number of hydrogen-bond donors (Lipinski definition) is 2. The number of carbonyl (C=O) groups excluding carboxylic acids is 1. The first-order chi connectivity index (χ1) is 11.4. The van der Waals surface area contributed by atoms with Crippen LogP contribution in [0.5, 0.6) is 0 Å². The third kappa shape index (κ3) is 2.61. The number of aliphatic hydroxyl groups is 1. The second-order valence-corrected chi connectivity index (χ2v) is 8.93. The summed E-state index contributed by atoms with van der Waals surface area (Å²) in [7, 11) is 0. The molecule has 2 bridgehead atoms. The largest absolute Gasteiger partial charge is 0.396 e. The van der Waals surface area contributed by atoms with Crippen molar-refractivity contribution in [1.29, 1.82) is 0 Å². The molecule has 1 heterocycles. The van der Waals surface area contributed by atoms with Gasteiger partial charge in [-0.25, -0.2) is 0 Å². The molecule has 4 heteroatoms. The summed E-state index contributed by atoms with van der Waals surface area (Å²) in [6.45, 7) is 9.96. The second-order valence-electron chi connectivity index (χ2n) is 8.93. The van der Waals surface area contributed by atoms with E-state index in [9.17, 15) is 4.79 Å². The minimum atomic E-state index is -0.0711. The molecule has 1 spiro atoms. The highest BCUT2D eigenvalue weighted by Gasteiger charge is 2.68. The fourth-order valence-corrected chi connectivity index (χ4v) is 6.39. The standard InChI is InChI=1S/C20H35NO3/c1-5-13(6-2)17-15-11-14-12-20(15,8-10-24-17)18(19(14,3)4)21-16(23)7-9-22/h13-15,17-18,22H,5-12H2,1-4H3,(H,21,23)/t14-,15-,17-,18-,20?/m1/s1. The minimum Gasteiger partial charge on any atom is -0.396 e. The van der Waals surface area contributed by atoms with Crippen LogP contribution in [0.2, 0.25) is 0 Å². The molecule has 3 aliphatic rings. The Morgan fingerprint density at radius 1 is 1.33 bits per heavy atom. The van der Waals surface area contributed by atoms with E-state index < -0.39 is 0 Å². The predicted molar refractivity (Wildman–Crippen MR) is 94.5 cm³/mol. The SMILES string of the molecule is CCC(CC)[C@H]1OCCC23C[C@@H](C[C@H]12)C(C)(C)[C@H]3NC(=O)CCO. The molecule has 0 aromatic heterocycles. The molecule has 138 valence electrons. The lowest BCUT2D eigenvalue weighted by molar-refractivity contribution is -0.148. The molecule has 2 N–H and O–H groups in total. The van der Waals surface area contributed by atoms with E-state index in [4.69, 9.17) is 9.84 Å². The van der Waals surface area contributed by atoms with Gasteiger partial charge in [-0.1, -0.05) is 40.5 Å². The van der Waals surface area contributed by atoms with Gasteiger partial charge < -0.3 is 15.2 Å². The van der Waals surface area contributed by atoms with Gasteiger partial charge in [0.05, 0.1) is 12.7 Å². The van der Waals surface area contributed by atoms with Crippen molar-refractivity contribution in [2.75, 3.05) is 13.2 Å². The molecule has 0 radical (unpaired) electrons. The van der Waals surface area contributed by atoms with Crippen LogP contribution < -0.4 is 5.32 Å². The van der Waals surface area contributed by atoms with Crippen LogP contribution in [0.4, 0.5) is 0 Å². The van der Waals surface area contributed by atoms with E-state index in [0.29, 0.717) is 23.9 Å². The van der Waals surface area contributed by atoms with E-state index in [2.05, 4.69) is 33.0 Å². The average molecular weight is 338 g/mol. The molecule has 1 unspecified atom stereocenters. The molecule has 5 atom stereocenters. The van der Waals surface area contributed by atoms with Crippen LogP contribution in [0, 0.1) is 28.6 Å². The Hall–Kier alpha value is -0.610. The van der Waals surface area contributed by atoms with Crippen LogP contribution >= 0.6 is 0 Å². The molecule has 24 heavy (non-hydrogen) atoms. The fraction of sp³-hybridized carbons (Fsp3) is 0.950. The van der Waals surface area contributed by atoms with Crippen molar-refractivity contribution in [2.24, 2.45) is 28.6 Å². The summed E-state index contributed by atoms with van der Waals surface area (Å²) in [6, 6.07) is 0.216. The van der Waals surface area contributed by atoms with Crippen molar-refractivity contribution >= 4 is 5.91 Å². The van der Waals surface area contributed by atoms with Crippen LogP contribution in [0.25, 0.3) is 0 Å². The number of ether oxygens (including phenoxy) is 1.